The molecule has 9 heteroatoms. The minimum atomic E-state index is -2.96. The van der Waals surface area contributed by atoms with Crippen LogP contribution in [-0.2, 0) is 4.79 Å². The Balaban J connectivity index is 1.50. The Morgan fingerprint density at radius 3 is 2.53 bits per heavy atom. The summed E-state index contributed by atoms with van der Waals surface area (Å²) in [7, 11) is 0. The first-order chi connectivity index (χ1) is 14.5. The second-order valence-electron chi connectivity index (χ2n) is 6.74. The highest BCUT2D eigenvalue weighted by Gasteiger charge is 2.21. The minimum Gasteiger partial charge on any atom is -0.492 e. The molecule has 0 unspecified atom stereocenters. The van der Waals surface area contributed by atoms with Crippen LogP contribution in [0.1, 0.15) is 6.92 Å². The van der Waals surface area contributed by atoms with Crippen molar-refractivity contribution in [2.24, 2.45) is 0 Å². The van der Waals surface area contributed by atoms with Gasteiger partial charge in [-0.25, -0.2) is 0 Å². The number of hydrogen-bond acceptors (Lipinski definition) is 5. The molecule has 1 fully saturated rings. The fourth-order valence-electron chi connectivity index (χ4n) is 3.32. The Morgan fingerprint density at radius 2 is 1.87 bits per heavy atom. The number of carbonyl (C=O) groups is 1. The van der Waals surface area contributed by atoms with Crippen LogP contribution in [0.5, 0.6) is 11.5 Å². The van der Waals surface area contributed by atoms with Crippen molar-refractivity contribution in [3.63, 3.8) is 0 Å². The molecule has 1 amide bonds. The minimum absolute atomic E-state index is 0.00896. The molecule has 1 heterocycles. The average molecular weight is 440 g/mol. The van der Waals surface area contributed by atoms with Gasteiger partial charge >= 0.3 is 6.61 Å². The highest BCUT2D eigenvalue weighted by atomic mass is 35.5. The van der Waals surface area contributed by atoms with Crippen molar-refractivity contribution >= 4 is 28.9 Å². The van der Waals surface area contributed by atoms with Gasteiger partial charge in [0.25, 0.3) is 0 Å². The molecule has 3 rings (SSSR count). The lowest BCUT2D eigenvalue weighted by Gasteiger charge is -2.36. The van der Waals surface area contributed by atoms with E-state index in [1.165, 1.54) is 18.2 Å². The summed E-state index contributed by atoms with van der Waals surface area (Å²) in [6, 6.07) is 12.1. The number of carbonyl (C=O) groups excluding carboxylic acids is 1. The SMILES string of the molecule is CCOc1ccccc1N1CCN(CC(=O)Nc2ccc(OC(F)F)c(Cl)c2)CC1. The number of nitrogens with one attached hydrogen (secondary N) is 1. The average Bonchev–Trinajstić information content (AvgIpc) is 2.71. The lowest BCUT2D eigenvalue weighted by atomic mass is 10.2. The van der Waals surface area contributed by atoms with E-state index in [0.717, 1.165) is 37.6 Å². The monoisotopic (exact) mass is 439 g/mol. The van der Waals surface area contributed by atoms with Crippen LogP contribution in [0, 0.1) is 0 Å². The molecule has 162 valence electrons. The smallest absolute Gasteiger partial charge is 0.387 e. The number of hydrogen-bond donors (Lipinski definition) is 1. The molecule has 0 spiro atoms. The molecule has 1 aliphatic heterocycles. The third-order valence-electron chi connectivity index (χ3n) is 4.68. The van der Waals surface area contributed by atoms with E-state index in [1.807, 2.05) is 31.2 Å². The number of ether oxygens (including phenoxy) is 2. The zero-order valence-corrected chi connectivity index (χ0v) is 17.4. The second-order valence-corrected chi connectivity index (χ2v) is 7.14. The first kappa shape index (κ1) is 22.1. The van der Waals surface area contributed by atoms with Gasteiger partial charge in [-0.1, -0.05) is 23.7 Å². The highest BCUT2D eigenvalue weighted by Crippen LogP contribution is 2.30. The predicted molar refractivity (Wildman–Crippen MR) is 113 cm³/mol. The number of halogens is 3. The molecule has 2 aromatic carbocycles. The zero-order valence-electron chi connectivity index (χ0n) is 16.6. The Morgan fingerprint density at radius 1 is 1.13 bits per heavy atom. The standard InChI is InChI=1S/C21H24ClF2N3O3/c1-2-29-19-6-4-3-5-17(19)27-11-9-26(10-12-27)14-20(28)25-15-7-8-18(16(22)13-15)30-21(23)24/h3-8,13,21H,2,9-12,14H2,1H3,(H,25,28). The van der Waals surface area contributed by atoms with E-state index in [0.29, 0.717) is 12.3 Å². The van der Waals surface area contributed by atoms with Gasteiger partial charge in [0.2, 0.25) is 5.91 Å². The Labute approximate surface area is 179 Å². The molecular formula is C21H24ClF2N3O3. The van der Waals surface area contributed by atoms with Gasteiger partial charge in [0.1, 0.15) is 11.5 Å². The van der Waals surface area contributed by atoms with Crippen LogP contribution in [0.25, 0.3) is 0 Å². The lowest BCUT2D eigenvalue weighted by Crippen LogP contribution is -2.48. The Kier molecular flexibility index (Phi) is 7.70. The fourth-order valence-corrected chi connectivity index (χ4v) is 3.54. The van der Waals surface area contributed by atoms with Gasteiger partial charge in [0.05, 0.1) is 23.9 Å². The molecule has 0 radical (unpaired) electrons. The van der Waals surface area contributed by atoms with E-state index in [1.54, 1.807) is 0 Å². The lowest BCUT2D eigenvalue weighted by molar-refractivity contribution is -0.117. The molecule has 2 aromatic rings. The number of nitrogens with zero attached hydrogens (tertiary/aromatic N) is 2. The molecule has 1 N–H and O–H groups in total. The van der Waals surface area contributed by atoms with Crippen molar-refractivity contribution in [1.29, 1.82) is 0 Å². The fraction of sp³-hybridized carbons (Fsp3) is 0.381. The van der Waals surface area contributed by atoms with E-state index < -0.39 is 6.61 Å². The first-order valence-electron chi connectivity index (χ1n) is 9.69. The van der Waals surface area contributed by atoms with Crippen LogP contribution in [-0.4, -0.2) is 56.7 Å². The van der Waals surface area contributed by atoms with Crippen molar-refractivity contribution in [3.8, 4) is 11.5 Å². The molecule has 0 aliphatic carbocycles. The van der Waals surface area contributed by atoms with E-state index >= 15 is 0 Å². The summed E-state index contributed by atoms with van der Waals surface area (Å²) >= 11 is 5.92. The molecule has 0 saturated carbocycles. The number of para-hydroxylation sites is 2. The van der Waals surface area contributed by atoms with Gasteiger partial charge in [-0.3, -0.25) is 9.69 Å². The maximum atomic E-state index is 12.4. The van der Waals surface area contributed by atoms with Gasteiger partial charge in [0.15, 0.2) is 0 Å². The maximum absolute atomic E-state index is 12.4. The summed E-state index contributed by atoms with van der Waals surface area (Å²) in [6.07, 6.45) is 0. The van der Waals surface area contributed by atoms with Crippen LogP contribution in [0.3, 0.4) is 0 Å². The van der Waals surface area contributed by atoms with Crippen molar-refractivity contribution in [2.45, 2.75) is 13.5 Å². The summed E-state index contributed by atoms with van der Waals surface area (Å²) in [5.74, 6) is 0.534. The first-order valence-corrected chi connectivity index (χ1v) is 10.1. The van der Waals surface area contributed by atoms with E-state index in [-0.39, 0.29) is 23.2 Å². The summed E-state index contributed by atoms with van der Waals surface area (Å²) in [6.45, 7) is 2.86. The predicted octanol–water partition coefficient (Wildman–Crippen LogP) is 4.10. The molecule has 0 aromatic heterocycles. The highest BCUT2D eigenvalue weighted by molar-refractivity contribution is 6.32. The van der Waals surface area contributed by atoms with Crippen LogP contribution in [0.4, 0.5) is 20.2 Å². The topological polar surface area (TPSA) is 54.0 Å². The molecule has 1 aliphatic rings. The van der Waals surface area contributed by atoms with Gasteiger partial charge < -0.3 is 19.7 Å². The number of anilines is 2. The molecule has 0 atom stereocenters. The molecular weight excluding hydrogens is 416 g/mol. The van der Waals surface area contributed by atoms with E-state index in [2.05, 4.69) is 19.9 Å². The van der Waals surface area contributed by atoms with E-state index in [4.69, 9.17) is 16.3 Å². The Bertz CT molecular complexity index is 861. The summed E-state index contributed by atoms with van der Waals surface area (Å²) in [5.41, 5.74) is 1.49. The van der Waals surface area contributed by atoms with Crippen LogP contribution >= 0.6 is 11.6 Å². The maximum Gasteiger partial charge on any atom is 0.387 e. The van der Waals surface area contributed by atoms with Crippen molar-refractivity contribution in [2.75, 3.05) is 49.5 Å². The number of amides is 1. The van der Waals surface area contributed by atoms with Crippen molar-refractivity contribution < 1.29 is 23.0 Å². The van der Waals surface area contributed by atoms with Crippen LogP contribution < -0.4 is 19.7 Å². The number of alkyl halides is 2. The third-order valence-corrected chi connectivity index (χ3v) is 4.97. The third kappa shape index (κ3) is 5.96. The second kappa shape index (κ2) is 10.4. The van der Waals surface area contributed by atoms with Crippen LogP contribution in [0.2, 0.25) is 5.02 Å². The largest absolute Gasteiger partial charge is 0.492 e. The summed E-state index contributed by atoms with van der Waals surface area (Å²) < 4.78 is 34.6. The number of rotatable bonds is 8. The molecule has 1 saturated heterocycles. The Hall–Kier alpha value is -2.58. The number of benzene rings is 2. The van der Waals surface area contributed by atoms with Gasteiger partial charge in [-0.05, 0) is 37.3 Å². The van der Waals surface area contributed by atoms with Crippen LogP contribution in [0.15, 0.2) is 42.5 Å². The zero-order chi connectivity index (χ0) is 21.5. The van der Waals surface area contributed by atoms with Gasteiger partial charge in [-0.2, -0.15) is 8.78 Å². The van der Waals surface area contributed by atoms with E-state index in [9.17, 15) is 13.6 Å². The van der Waals surface area contributed by atoms with Gasteiger partial charge in [-0.15, -0.1) is 0 Å². The normalized spacial score (nSPS) is 14.6. The number of piperazine rings is 1. The molecule has 0 bridgehead atoms. The summed E-state index contributed by atoms with van der Waals surface area (Å²) in [5, 5.41) is 2.75. The van der Waals surface area contributed by atoms with Gasteiger partial charge in [0, 0.05) is 31.9 Å². The molecule has 6 nitrogen and oxygen atoms in total. The van der Waals surface area contributed by atoms with Crippen molar-refractivity contribution in [3.05, 3.63) is 47.5 Å². The summed E-state index contributed by atoms with van der Waals surface area (Å²) in [4.78, 5) is 16.7. The molecule has 30 heavy (non-hydrogen) atoms. The quantitative estimate of drug-likeness (QED) is 0.671. The van der Waals surface area contributed by atoms with Crippen molar-refractivity contribution in [1.82, 2.24) is 4.90 Å².